The Morgan fingerprint density at radius 3 is 2.91 bits per heavy atom. The predicted octanol–water partition coefficient (Wildman–Crippen LogP) is 1.66. The first-order chi connectivity index (χ1) is 11.0. The van der Waals surface area contributed by atoms with Crippen molar-refractivity contribution in [1.29, 1.82) is 0 Å². The number of carboxylic acids is 1. The van der Waals surface area contributed by atoms with Gasteiger partial charge in [-0.2, -0.15) is 0 Å². The van der Waals surface area contributed by atoms with Crippen LogP contribution in [0.4, 0.5) is 5.69 Å². The Morgan fingerprint density at radius 1 is 1.43 bits per heavy atom. The minimum atomic E-state index is -1.21. The number of carbonyl (C=O) groups is 1. The highest BCUT2D eigenvalue weighted by Gasteiger charge is 2.26. The lowest BCUT2D eigenvalue weighted by atomic mass is 10.0. The molecule has 1 aromatic carbocycles. The van der Waals surface area contributed by atoms with Crippen LogP contribution in [0.5, 0.6) is 0 Å². The van der Waals surface area contributed by atoms with Gasteiger partial charge in [0.15, 0.2) is 0 Å². The van der Waals surface area contributed by atoms with E-state index in [2.05, 4.69) is 22.1 Å². The zero-order valence-electron chi connectivity index (χ0n) is 13.3. The molecule has 1 aliphatic rings. The Morgan fingerprint density at radius 2 is 2.22 bits per heavy atom. The number of carboxylic acid groups (broad SMARTS) is 1. The number of fused-ring (bicyclic) bond motifs is 1. The van der Waals surface area contributed by atoms with Crippen LogP contribution < -0.4 is 15.8 Å². The van der Waals surface area contributed by atoms with Crippen LogP contribution in [-0.2, 0) is 0 Å². The molecule has 1 fully saturated rings. The molecular formula is C17H21N3O3. The molecule has 1 aromatic heterocycles. The maximum absolute atomic E-state index is 11.8. The zero-order valence-corrected chi connectivity index (χ0v) is 13.3. The fourth-order valence-corrected chi connectivity index (χ4v) is 3.21. The van der Waals surface area contributed by atoms with Gasteiger partial charge in [-0.1, -0.05) is 6.07 Å². The number of nitrogens with zero attached hydrogens (tertiary/aromatic N) is 1. The van der Waals surface area contributed by atoms with Crippen LogP contribution in [0.3, 0.4) is 0 Å². The molecule has 2 unspecified atom stereocenters. The molecule has 0 radical (unpaired) electrons. The molecule has 0 bridgehead atoms. The van der Waals surface area contributed by atoms with Gasteiger partial charge in [0.2, 0.25) is 0 Å². The molecule has 6 heteroatoms. The van der Waals surface area contributed by atoms with Crippen molar-refractivity contribution in [2.45, 2.75) is 19.4 Å². The zero-order chi connectivity index (χ0) is 16.6. The number of H-pyrrole nitrogens is 1. The van der Waals surface area contributed by atoms with Gasteiger partial charge in [0.25, 0.3) is 5.56 Å². The molecule has 3 N–H and O–H groups in total. The Bertz CT molecular complexity index is 799. The van der Waals surface area contributed by atoms with Crippen LogP contribution in [-0.4, -0.2) is 42.2 Å². The number of benzene rings is 1. The molecule has 122 valence electrons. The summed E-state index contributed by atoms with van der Waals surface area (Å²) in [5.74, 6) is -0.607. The monoisotopic (exact) mass is 315 g/mol. The SMILES string of the molecule is CNC(C)C1CCN(c2ccc3cc(C(=O)O)c(=O)[nH]c3c2)C1. The van der Waals surface area contributed by atoms with Crippen molar-refractivity contribution in [3.05, 3.63) is 40.2 Å². The van der Waals surface area contributed by atoms with Crippen molar-refractivity contribution in [3.8, 4) is 0 Å². The average Bonchev–Trinajstić information content (AvgIpc) is 3.02. The van der Waals surface area contributed by atoms with Crippen molar-refractivity contribution in [3.63, 3.8) is 0 Å². The van der Waals surface area contributed by atoms with Gasteiger partial charge in [-0.05, 0) is 49.9 Å². The van der Waals surface area contributed by atoms with Gasteiger partial charge in [-0.25, -0.2) is 4.79 Å². The first-order valence-corrected chi connectivity index (χ1v) is 7.82. The van der Waals surface area contributed by atoms with Crippen molar-refractivity contribution >= 4 is 22.6 Å². The van der Waals surface area contributed by atoms with E-state index in [1.807, 2.05) is 25.2 Å². The fraction of sp³-hybridized carbons (Fsp3) is 0.412. The maximum atomic E-state index is 11.8. The van der Waals surface area contributed by atoms with Crippen molar-refractivity contribution in [2.75, 3.05) is 25.0 Å². The highest BCUT2D eigenvalue weighted by atomic mass is 16.4. The highest BCUT2D eigenvalue weighted by molar-refractivity contribution is 5.93. The van der Waals surface area contributed by atoms with Crippen LogP contribution in [0.15, 0.2) is 29.1 Å². The highest BCUT2D eigenvalue weighted by Crippen LogP contribution is 2.27. The second kappa shape index (κ2) is 6.04. The van der Waals surface area contributed by atoms with E-state index in [0.717, 1.165) is 30.6 Å². The maximum Gasteiger partial charge on any atom is 0.341 e. The number of nitrogens with one attached hydrogen (secondary N) is 2. The topological polar surface area (TPSA) is 85.4 Å². The third-order valence-corrected chi connectivity index (χ3v) is 4.81. The van der Waals surface area contributed by atoms with Gasteiger partial charge in [0.1, 0.15) is 5.56 Å². The lowest BCUT2D eigenvalue weighted by Gasteiger charge is -2.22. The molecule has 1 saturated heterocycles. The smallest absolute Gasteiger partial charge is 0.341 e. The summed E-state index contributed by atoms with van der Waals surface area (Å²) >= 11 is 0. The minimum absolute atomic E-state index is 0.227. The lowest BCUT2D eigenvalue weighted by Crippen LogP contribution is -2.32. The molecule has 0 spiro atoms. The molecule has 6 nitrogen and oxygen atoms in total. The number of rotatable bonds is 4. The lowest BCUT2D eigenvalue weighted by molar-refractivity contribution is 0.0695. The third kappa shape index (κ3) is 2.94. The number of aromatic nitrogens is 1. The van der Waals surface area contributed by atoms with E-state index in [4.69, 9.17) is 5.11 Å². The molecule has 23 heavy (non-hydrogen) atoms. The van der Waals surface area contributed by atoms with E-state index in [-0.39, 0.29) is 5.56 Å². The van der Waals surface area contributed by atoms with E-state index < -0.39 is 11.5 Å². The summed E-state index contributed by atoms with van der Waals surface area (Å²) in [6.45, 7) is 4.16. The molecule has 0 aliphatic carbocycles. The van der Waals surface area contributed by atoms with E-state index in [9.17, 15) is 9.59 Å². The number of aromatic carboxylic acids is 1. The first kappa shape index (κ1) is 15.6. The summed E-state index contributed by atoms with van der Waals surface area (Å²) in [7, 11) is 1.98. The first-order valence-electron chi connectivity index (χ1n) is 7.82. The number of hydrogen-bond acceptors (Lipinski definition) is 4. The van der Waals surface area contributed by atoms with E-state index in [0.29, 0.717) is 17.5 Å². The van der Waals surface area contributed by atoms with Crippen LogP contribution in [0.2, 0.25) is 0 Å². The van der Waals surface area contributed by atoms with Gasteiger partial charge in [0.05, 0.1) is 5.52 Å². The Kier molecular flexibility index (Phi) is 4.09. The summed E-state index contributed by atoms with van der Waals surface area (Å²) < 4.78 is 0. The van der Waals surface area contributed by atoms with E-state index in [1.165, 1.54) is 6.07 Å². The molecule has 2 atom stereocenters. The summed E-state index contributed by atoms with van der Waals surface area (Å²) in [5.41, 5.74) is 0.934. The second-order valence-electron chi connectivity index (χ2n) is 6.16. The molecular weight excluding hydrogens is 294 g/mol. The normalized spacial score (nSPS) is 19.2. The molecule has 2 heterocycles. The van der Waals surface area contributed by atoms with Gasteiger partial charge < -0.3 is 20.3 Å². The summed E-state index contributed by atoms with van der Waals surface area (Å²) in [4.78, 5) is 27.8. The second-order valence-corrected chi connectivity index (χ2v) is 6.16. The van der Waals surface area contributed by atoms with Crippen molar-refractivity contribution in [1.82, 2.24) is 10.3 Å². The van der Waals surface area contributed by atoms with Crippen LogP contribution in [0.1, 0.15) is 23.7 Å². The largest absolute Gasteiger partial charge is 0.477 e. The summed E-state index contributed by atoms with van der Waals surface area (Å²) in [6, 6.07) is 7.67. The standard InChI is InChI=1S/C17H21N3O3/c1-10(18-2)12-5-6-20(9-12)13-4-3-11-7-14(17(22)23)16(21)19-15(11)8-13/h3-4,7-8,10,12,18H,5-6,9H2,1-2H3,(H,19,21)(H,22,23). The average molecular weight is 315 g/mol. The Balaban J connectivity index is 1.91. The fourth-order valence-electron chi connectivity index (χ4n) is 3.21. The van der Waals surface area contributed by atoms with E-state index >= 15 is 0 Å². The minimum Gasteiger partial charge on any atom is -0.477 e. The Labute approximate surface area is 134 Å². The number of hydrogen-bond donors (Lipinski definition) is 3. The van der Waals surface area contributed by atoms with Crippen molar-refractivity contribution in [2.24, 2.45) is 5.92 Å². The number of anilines is 1. The third-order valence-electron chi connectivity index (χ3n) is 4.81. The predicted molar refractivity (Wildman–Crippen MR) is 90.4 cm³/mol. The quantitative estimate of drug-likeness (QED) is 0.799. The van der Waals surface area contributed by atoms with Crippen molar-refractivity contribution < 1.29 is 9.90 Å². The molecule has 3 rings (SSSR count). The molecule has 1 aliphatic heterocycles. The van der Waals surface area contributed by atoms with Gasteiger partial charge in [-0.15, -0.1) is 0 Å². The summed E-state index contributed by atoms with van der Waals surface area (Å²) in [5, 5.41) is 13.1. The van der Waals surface area contributed by atoms with Gasteiger partial charge in [-0.3, -0.25) is 4.79 Å². The molecule has 0 saturated carbocycles. The Hall–Kier alpha value is -2.34. The van der Waals surface area contributed by atoms with Gasteiger partial charge >= 0.3 is 5.97 Å². The number of pyridine rings is 1. The van der Waals surface area contributed by atoms with Gasteiger partial charge in [0, 0.05) is 24.8 Å². The number of aromatic amines is 1. The van der Waals surface area contributed by atoms with Crippen LogP contribution in [0, 0.1) is 5.92 Å². The van der Waals surface area contributed by atoms with Crippen LogP contribution in [0.25, 0.3) is 10.9 Å². The van der Waals surface area contributed by atoms with Crippen LogP contribution >= 0.6 is 0 Å². The summed E-state index contributed by atoms with van der Waals surface area (Å²) in [6.07, 6.45) is 1.13. The molecule has 0 amide bonds. The molecule has 2 aromatic rings. The van der Waals surface area contributed by atoms with E-state index in [1.54, 1.807) is 0 Å².